The highest BCUT2D eigenvalue weighted by molar-refractivity contribution is 7.80. The Morgan fingerprint density at radius 2 is 1.12 bits per heavy atom. The molecule has 0 aromatic carbocycles. The Labute approximate surface area is 352 Å². The summed E-state index contributed by atoms with van der Waals surface area (Å²) in [7, 11) is -5.08. The molecule has 1 heterocycles. The number of nitrogens with one attached hydrogen (secondary N) is 1. The van der Waals surface area contributed by atoms with Crippen LogP contribution in [0.25, 0.3) is 0 Å². The lowest BCUT2D eigenvalue weighted by molar-refractivity contribution is -0.298. The first-order chi connectivity index (χ1) is 28.0. The maximum atomic E-state index is 13.0. The number of unbranched alkanes of at least 4 members (excludes halogenated alkanes) is 25. The zero-order chi connectivity index (χ0) is 42.7. The van der Waals surface area contributed by atoms with Gasteiger partial charge in [-0.15, -0.1) is 0 Å². The molecule has 12 nitrogen and oxygen atoms in total. The van der Waals surface area contributed by atoms with Crippen molar-refractivity contribution in [2.75, 3.05) is 13.2 Å². The molecule has 0 saturated carbocycles. The molecular formula is C45H85NO11S. The van der Waals surface area contributed by atoms with Crippen molar-refractivity contribution in [3.05, 3.63) is 24.3 Å². The summed E-state index contributed by atoms with van der Waals surface area (Å²) in [4.78, 5) is 13.0. The molecule has 0 radical (unpaired) electrons. The van der Waals surface area contributed by atoms with E-state index in [-0.39, 0.29) is 18.9 Å². The summed E-state index contributed by atoms with van der Waals surface area (Å²) in [6.07, 6.45) is 32.2. The van der Waals surface area contributed by atoms with E-state index in [1.54, 1.807) is 6.08 Å². The van der Waals surface area contributed by atoms with Gasteiger partial charge in [0.1, 0.15) is 24.4 Å². The third-order valence-corrected chi connectivity index (χ3v) is 11.4. The van der Waals surface area contributed by atoms with Crippen LogP contribution < -0.4 is 5.32 Å². The number of carbonyl (C=O) groups is 1. The van der Waals surface area contributed by atoms with Gasteiger partial charge in [-0.2, -0.15) is 8.42 Å². The number of amides is 1. The molecule has 342 valence electrons. The van der Waals surface area contributed by atoms with Crippen molar-refractivity contribution in [2.45, 2.75) is 243 Å². The fraction of sp³-hybridized carbons (Fsp3) is 0.889. The number of allylic oxidation sites excluding steroid dienone is 3. The number of aliphatic hydroxyl groups excluding tert-OH is 4. The Morgan fingerprint density at radius 3 is 1.60 bits per heavy atom. The first-order valence-electron chi connectivity index (χ1n) is 23.2. The highest BCUT2D eigenvalue weighted by Gasteiger charge is 2.48. The third kappa shape index (κ3) is 28.9. The summed E-state index contributed by atoms with van der Waals surface area (Å²) in [5.74, 6) is -0.273. The van der Waals surface area contributed by atoms with E-state index in [1.165, 1.54) is 116 Å². The van der Waals surface area contributed by atoms with Gasteiger partial charge in [0.15, 0.2) is 6.29 Å². The number of ether oxygens (including phenoxy) is 2. The summed E-state index contributed by atoms with van der Waals surface area (Å²) >= 11 is 0. The molecule has 58 heavy (non-hydrogen) atoms. The van der Waals surface area contributed by atoms with Crippen molar-refractivity contribution in [3.8, 4) is 0 Å². The molecule has 1 amide bonds. The third-order valence-electron chi connectivity index (χ3n) is 11.0. The van der Waals surface area contributed by atoms with Crippen LogP contribution in [-0.2, 0) is 28.9 Å². The van der Waals surface area contributed by atoms with Gasteiger partial charge >= 0.3 is 10.4 Å². The van der Waals surface area contributed by atoms with Crippen LogP contribution in [0, 0.1) is 0 Å². The van der Waals surface area contributed by atoms with E-state index in [0.29, 0.717) is 6.42 Å². The van der Waals surface area contributed by atoms with Crippen LogP contribution in [0.5, 0.6) is 0 Å². The van der Waals surface area contributed by atoms with Crippen LogP contribution in [0.2, 0.25) is 0 Å². The number of hydrogen-bond acceptors (Lipinski definition) is 10. The van der Waals surface area contributed by atoms with Crippen LogP contribution >= 0.6 is 0 Å². The van der Waals surface area contributed by atoms with Crippen LogP contribution in [-0.4, -0.2) is 95.4 Å². The highest BCUT2D eigenvalue weighted by Crippen LogP contribution is 2.26. The fourth-order valence-electron chi connectivity index (χ4n) is 7.32. The molecule has 0 aliphatic carbocycles. The summed E-state index contributed by atoms with van der Waals surface area (Å²) in [5, 5.41) is 44.6. The predicted octanol–water partition coefficient (Wildman–Crippen LogP) is 8.94. The smallest absolute Gasteiger partial charge is 0.394 e. The summed E-state index contributed by atoms with van der Waals surface area (Å²) < 4.78 is 47.5. The molecule has 7 unspecified atom stereocenters. The Morgan fingerprint density at radius 1 is 0.672 bits per heavy atom. The molecule has 0 bridgehead atoms. The molecule has 1 fully saturated rings. The number of carbonyl (C=O) groups excluding carboxylic acids is 1. The van der Waals surface area contributed by atoms with Gasteiger partial charge in [0.2, 0.25) is 5.91 Å². The van der Waals surface area contributed by atoms with Crippen LogP contribution in [0.4, 0.5) is 0 Å². The average Bonchev–Trinajstić information content (AvgIpc) is 3.19. The van der Waals surface area contributed by atoms with Gasteiger partial charge in [-0.3, -0.25) is 9.35 Å². The zero-order valence-corrected chi connectivity index (χ0v) is 37.2. The standard InChI is InChI=1S/C45H85NO11S/c1-3-5-7-9-11-13-15-16-17-18-19-20-21-22-23-25-26-28-30-32-34-39(48)38(46-41(49)35-33-31-29-27-24-14-12-10-8-6-4-2)37-55-45-43(51)44(57-58(52,53)54)42(50)40(36-47)56-45/h10,12,32,34,38-40,42-45,47-48,50-51H,3-9,11,13-31,33,35-37H2,1-2H3,(H,46,49)(H,52,53,54)/b12-10-,34-32+. The highest BCUT2D eigenvalue weighted by atomic mass is 32.3. The van der Waals surface area contributed by atoms with E-state index < -0.39 is 59.9 Å². The second-order valence-electron chi connectivity index (χ2n) is 16.3. The Balaban J connectivity index is 2.49. The van der Waals surface area contributed by atoms with E-state index >= 15 is 0 Å². The number of rotatable bonds is 39. The number of hydrogen-bond donors (Lipinski definition) is 6. The quantitative estimate of drug-likeness (QED) is 0.0197. The lowest BCUT2D eigenvalue weighted by atomic mass is 9.99. The van der Waals surface area contributed by atoms with Crippen LogP contribution in [0.3, 0.4) is 0 Å². The lowest BCUT2D eigenvalue weighted by Crippen LogP contribution is -2.61. The minimum Gasteiger partial charge on any atom is -0.394 e. The number of aliphatic hydroxyl groups is 4. The summed E-state index contributed by atoms with van der Waals surface area (Å²) in [6.45, 7) is 3.34. The molecule has 13 heteroatoms. The van der Waals surface area contributed by atoms with Gasteiger partial charge in [-0.1, -0.05) is 179 Å². The summed E-state index contributed by atoms with van der Waals surface area (Å²) in [6, 6.07) is -0.945. The molecule has 7 atom stereocenters. The fourth-order valence-corrected chi connectivity index (χ4v) is 7.83. The van der Waals surface area contributed by atoms with Crippen LogP contribution in [0.15, 0.2) is 24.3 Å². The Kier molecular flexibility index (Phi) is 34.1. The minimum absolute atomic E-state index is 0.259. The van der Waals surface area contributed by atoms with E-state index in [2.05, 4.69) is 35.5 Å². The van der Waals surface area contributed by atoms with Crippen LogP contribution in [0.1, 0.15) is 200 Å². The molecule has 0 spiro atoms. The van der Waals surface area contributed by atoms with E-state index in [9.17, 15) is 33.6 Å². The molecule has 1 aliphatic heterocycles. The second-order valence-corrected chi connectivity index (χ2v) is 17.4. The monoisotopic (exact) mass is 848 g/mol. The Bertz CT molecular complexity index is 1140. The SMILES string of the molecule is CCCC/C=C\CCCCCCCC(=O)NC(COC1OC(CO)C(O)C(OS(=O)(=O)O)C1O)C(O)/C=C/CCCCCCCCCCCCCCCCCCCC. The van der Waals surface area contributed by atoms with E-state index in [0.717, 1.165) is 57.8 Å². The van der Waals surface area contributed by atoms with Gasteiger partial charge < -0.3 is 35.2 Å². The molecule has 0 aromatic rings. The topological polar surface area (TPSA) is 192 Å². The van der Waals surface area contributed by atoms with Gasteiger partial charge in [-0.25, -0.2) is 4.18 Å². The molecule has 0 aromatic heterocycles. The van der Waals surface area contributed by atoms with Crippen molar-refractivity contribution in [1.82, 2.24) is 5.32 Å². The lowest BCUT2D eigenvalue weighted by Gasteiger charge is -2.41. The van der Waals surface area contributed by atoms with Gasteiger partial charge in [0.05, 0.1) is 25.4 Å². The normalized spacial score (nSPS) is 21.3. The average molecular weight is 848 g/mol. The van der Waals surface area contributed by atoms with Gasteiger partial charge in [0.25, 0.3) is 0 Å². The van der Waals surface area contributed by atoms with Crippen molar-refractivity contribution in [3.63, 3.8) is 0 Å². The van der Waals surface area contributed by atoms with E-state index in [4.69, 9.17) is 14.0 Å². The first-order valence-corrected chi connectivity index (χ1v) is 24.6. The second kappa shape index (κ2) is 36.3. The van der Waals surface area contributed by atoms with E-state index in [1.807, 2.05) is 6.08 Å². The molecule has 6 N–H and O–H groups in total. The van der Waals surface area contributed by atoms with Crippen molar-refractivity contribution in [1.29, 1.82) is 0 Å². The zero-order valence-electron chi connectivity index (χ0n) is 36.4. The molecule has 1 rings (SSSR count). The van der Waals surface area contributed by atoms with Gasteiger partial charge in [0, 0.05) is 6.42 Å². The predicted molar refractivity (Wildman–Crippen MR) is 232 cm³/mol. The van der Waals surface area contributed by atoms with Crippen molar-refractivity contribution < 1.29 is 51.8 Å². The maximum absolute atomic E-state index is 13.0. The minimum atomic E-state index is -5.08. The first kappa shape index (κ1) is 54.6. The molecule has 1 saturated heterocycles. The molecular weight excluding hydrogens is 763 g/mol. The molecule has 1 aliphatic rings. The summed E-state index contributed by atoms with van der Waals surface area (Å²) in [5.41, 5.74) is 0. The maximum Gasteiger partial charge on any atom is 0.397 e. The Hall–Kier alpha value is -1.42. The van der Waals surface area contributed by atoms with Crippen molar-refractivity contribution >= 4 is 16.3 Å². The van der Waals surface area contributed by atoms with Gasteiger partial charge in [-0.05, 0) is 38.5 Å². The largest absolute Gasteiger partial charge is 0.397 e. The van der Waals surface area contributed by atoms with Crippen molar-refractivity contribution in [2.24, 2.45) is 0 Å².